The summed E-state index contributed by atoms with van der Waals surface area (Å²) in [6, 6.07) is 0. The van der Waals surface area contributed by atoms with Gasteiger partial charge in [-0.25, -0.2) is 0 Å². The zero-order valence-corrected chi connectivity index (χ0v) is 5.76. The Hall–Kier alpha value is -0.720. The summed E-state index contributed by atoms with van der Waals surface area (Å²) in [4.78, 5) is 0. The molecule has 0 atom stereocenters. The number of hydrogen-bond donors (Lipinski definition) is 0. The van der Waals surface area contributed by atoms with Crippen molar-refractivity contribution in [2.24, 2.45) is 0 Å². The van der Waals surface area contributed by atoms with E-state index in [0.29, 0.717) is 0 Å². The second kappa shape index (κ2) is 3.33. The van der Waals surface area contributed by atoms with Crippen molar-refractivity contribution in [3.8, 4) is 0 Å². The lowest BCUT2D eigenvalue weighted by molar-refractivity contribution is 0.225. The Kier molecular flexibility index (Phi) is 2.37. The van der Waals surface area contributed by atoms with Crippen LogP contribution in [-0.4, -0.2) is 6.61 Å². The van der Waals surface area contributed by atoms with Gasteiger partial charge in [-0.1, -0.05) is 13.0 Å². The first-order valence-electron chi connectivity index (χ1n) is 3.43. The maximum atomic E-state index is 5.33. The summed E-state index contributed by atoms with van der Waals surface area (Å²) in [5, 5.41) is 0. The second-order valence-electron chi connectivity index (χ2n) is 2.09. The summed E-state index contributed by atoms with van der Waals surface area (Å²) in [6.07, 6.45) is 8.35. The Balaban J connectivity index is 2.19. The van der Waals surface area contributed by atoms with E-state index in [-0.39, 0.29) is 0 Å². The predicted octanol–water partition coefficient (Wildman–Crippen LogP) is 2.26. The van der Waals surface area contributed by atoms with E-state index >= 15 is 0 Å². The first kappa shape index (κ1) is 6.40. The van der Waals surface area contributed by atoms with Crippen LogP contribution in [-0.2, 0) is 4.74 Å². The molecule has 1 aliphatic rings. The average Bonchev–Trinajstić information content (AvgIpc) is 2.34. The minimum atomic E-state index is 0.843. The molecule has 0 aliphatic heterocycles. The van der Waals surface area contributed by atoms with Crippen LogP contribution in [0.15, 0.2) is 24.0 Å². The molecule has 1 aliphatic carbocycles. The van der Waals surface area contributed by atoms with Gasteiger partial charge in [0.15, 0.2) is 0 Å². The number of rotatable bonds is 3. The molecule has 0 spiro atoms. The highest BCUT2D eigenvalue weighted by Crippen LogP contribution is 2.09. The average molecular weight is 124 g/mol. The number of hydrogen-bond acceptors (Lipinski definition) is 1. The monoisotopic (exact) mass is 124 g/mol. The predicted molar refractivity (Wildman–Crippen MR) is 38.1 cm³/mol. The van der Waals surface area contributed by atoms with Crippen molar-refractivity contribution < 1.29 is 4.74 Å². The van der Waals surface area contributed by atoms with E-state index in [1.165, 1.54) is 0 Å². The molecule has 1 rings (SSSR count). The van der Waals surface area contributed by atoms with E-state index in [1.54, 1.807) is 0 Å². The topological polar surface area (TPSA) is 9.23 Å². The fraction of sp³-hybridized carbons (Fsp3) is 0.500. The zero-order chi connectivity index (χ0) is 6.53. The van der Waals surface area contributed by atoms with Crippen molar-refractivity contribution in [3.63, 3.8) is 0 Å². The molecular weight excluding hydrogens is 112 g/mol. The molecule has 0 unspecified atom stereocenters. The van der Waals surface area contributed by atoms with Crippen molar-refractivity contribution in [3.05, 3.63) is 24.0 Å². The third-order valence-electron chi connectivity index (χ3n) is 1.21. The van der Waals surface area contributed by atoms with Crippen LogP contribution in [0.3, 0.4) is 0 Å². The minimum absolute atomic E-state index is 0.843. The fourth-order valence-corrected chi connectivity index (χ4v) is 0.763. The van der Waals surface area contributed by atoms with Gasteiger partial charge < -0.3 is 4.74 Å². The van der Waals surface area contributed by atoms with E-state index in [9.17, 15) is 0 Å². The third kappa shape index (κ3) is 1.92. The van der Waals surface area contributed by atoms with E-state index in [0.717, 1.165) is 25.2 Å². The summed E-state index contributed by atoms with van der Waals surface area (Å²) < 4.78 is 5.33. The van der Waals surface area contributed by atoms with Gasteiger partial charge in [-0.2, -0.15) is 0 Å². The van der Waals surface area contributed by atoms with Crippen molar-refractivity contribution in [1.82, 2.24) is 0 Å². The normalized spacial score (nSPS) is 15.9. The molecule has 0 aromatic heterocycles. The Morgan fingerprint density at radius 3 is 3.11 bits per heavy atom. The van der Waals surface area contributed by atoms with Crippen LogP contribution in [0.2, 0.25) is 0 Å². The summed E-state index contributed by atoms with van der Waals surface area (Å²) in [5.41, 5.74) is 0. The van der Waals surface area contributed by atoms with E-state index < -0.39 is 0 Å². The Morgan fingerprint density at radius 2 is 2.56 bits per heavy atom. The van der Waals surface area contributed by atoms with Crippen LogP contribution in [0, 0.1) is 0 Å². The molecule has 0 saturated carbocycles. The smallest absolute Gasteiger partial charge is 0.115 e. The van der Waals surface area contributed by atoms with Crippen LogP contribution in [0.4, 0.5) is 0 Å². The zero-order valence-electron chi connectivity index (χ0n) is 5.76. The van der Waals surface area contributed by atoms with Gasteiger partial charge in [-0.3, -0.25) is 0 Å². The van der Waals surface area contributed by atoms with Crippen molar-refractivity contribution in [2.45, 2.75) is 19.8 Å². The van der Waals surface area contributed by atoms with Gasteiger partial charge in [-0.15, -0.1) is 0 Å². The van der Waals surface area contributed by atoms with Gasteiger partial charge in [0.2, 0.25) is 0 Å². The standard InChI is InChI=1S/C8H12O/c1-2-7-9-8-5-3-4-6-8/h3,5-6H,2,4,7H2,1H3. The van der Waals surface area contributed by atoms with Gasteiger partial charge in [0, 0.05) is 0 Å². The molecule has 0 aromatic carbocycles. The molecular formula is C8H12O. The molecule has 1 heteroatoms. The number of ether oxygens (including phenoxy) is 1. The second-order valence-corrected chi connectivity index (χ2v) is 2.09. The van der Waals surface area contributed by atoms with Gasteiger partial charge in [0.25, 0.3) is 0 Å². The van der Waals surface area contributed by atoms with Crippen molar-refractivity contribution >= 4 is 0 Å². The number of allylic oxidation sites excluding steroid dienone is 3. The summed E-state index contributed by atoms with van der Waals surface area (Å²) >= 11 is 0. The third-order valence-corrected chi connectivity index (χ3v) is 1.21. The SMILES string of the molecule is CCCOC1=CCC=C1. The maximum Gasteiger partial charge on any atom is 0.115 e. The van der Waals surface area contributed by atoms with Gasteiger partial charge >= 0.3 is 0 Å². The summed E-state index contributed by atoms with van der Waals surface area (Å²) in [7, 11) is 0. The lowest BCUT2D eigenvalue weighted by atomic mass is 10.5. The Bertz CT molecular complexity index is 134. The molecule has 0 heterocycles. The van der Waals surface area contributed by atoms with Crippen molar-refractivity contribution in [1.29, 1.82) is 0 Å². The van der Waals surface area contributed by atoms with Gasteiger partial charge in [-0.05, 0) is 25.0 Å². The van der Waals surface area contributed by atoms with Crippen LogP contribution >= 0.6 is 0 Å². The quantitative estimate of drug-likeness (QED) is 0.560. The Morgan fingerprint density at radius 1 is 1.67 bits per heavy atom. The van der Waals surface area contributed by atoms with E-state index in [4.69, 9.17) is 4.74 Å². The van der Waals surface area contributed by atoms with Crippen molar-refractivity contribution in [2.75, 3.05) is 6.61 Å². The molecule has 0 radical (unpaired) electrons. The van der Waals surface area contributed by atoms with Crippen LogP contribution in [0.5, 0.6) is 0 Å². The van der Waals surface area contributed by atoms with Gasteiger partial charge in [0.1, 0.15) is 5.76 Å². The molecule has 0 N–H and O–H groups in total. The first-order valence-corrected chi connectivity index (χ1v) is 3.43. The highest BCUT2D eigenvalue weighted by molar-refractivity contribution is 5.20. The largest absolute Gasteiger partial charge is 0.494 e. The van der Waals surface area contributed by atoms with Crippen LogP contribution < -0.4 is 0 Å². The lowest BCUT2D eigenvalue weighted by Gasteiger charge is -2.00. The molecule has 0 saturated heterocycles. The molecule has 0 fully saturated rings. The minimum Gasteiger partial charge on any atom is -0.494 e. The molecule has 0 bridgehead atoms. The molecule has 50 valence electrons. The fourth-order valence-electron chi connectivity index (χ4n) is 0.763. The highest BCUT2D eigenvalue weighted by Gasteiger charge is 1.95. The van der Waals surface area contributed by atoms with Crippen LogP contribution in [0.1, 0.15) is 19.8 Å². The maximum absolute atomic E-state index is 5.33. The van der Waals surface area contributed by atoms with E-state index in [2.05, 4.69) is 19.1 Å². The van der Waals surface area contributed by atoms with Crippen LogP contribution in [0.25, 0.3) is 0 Å². The Labute approximate surface area is 56.0 Å². The molecule has 0 amide bonds. The molecule has 9 heavy (non-hydrogen) atoms. The molecule has 0 aromatic rings. The summed E-state index contributed by atoms with van der Waals surface area (Å²) in [5.74, 6) is 1.04. The van der Waals surface area contributed by atoms with E-state index in [1.807, 2.05) is 6.08 Å². The first-order chi connectivity index (χ1) is 4.43. The molecule has 1 nitrogen and oxygen atoms in total. The summed E-state index contributed by atoms with van der Waals surface area (Å²) in [6.45, 7) is 2.95. The van der Waals surface area contributed by atoms with Gasteiger partial charge in [0.05, 0.1) is 6.61 Å². The highest BCUT2D eigenvalue weighted by atomic mass is 16.5. The lowest BCUT2D eigenvalue weighted by Crippen LogP contribution is -1.88.